The molecule has 0 saturated carbocycles. The van der Waals surface area contributed by atoms with Gasteiger partial charge >= 0.3 is 0 Å². The number of carbonyl (C=O) groups excluding carboxylic acids is 1. The van der Waals surface area contributed by atoms with E-state index in [9.17, 15) is 4.79 Å². The quantitative estimate of drug-likeness (QED) is 0.785. The molecule has 1 aromatic carbocycles. The van der Waals surface area contributed by atoms with Gasteiger partial charge in [0.1, 0.15) is 5.76 Å². The molecule has 3 aromatic rings. The molecule has 6 heteroatoms. The molecule has 0 fully saturated rings. The highest BCUT2D eigenvalue weighted by Gasteiger charge is 2.12. The summed E-state index contributed by atoms with van der Waals surface area (Å²) in [5.41, 5.74) is 2.94. The van der Waals surface area contributed by atoms with Gasteiger partial charge in [0.25, 0.3) is 5.91 Å². The van der Waals surface area contributed by atoms with Crippen LogP contribution >= 0.6 is 11.6 Å². The van der Waals surface area contributed by atoms with E-state index >= 15 is 0 Å². The maximum absolute atomic E-state index is 12.3. The van der Waals surface area contributed by atoms with E-state index in [1.165, 1.54) is 0 Å². The SMILES string of the molecule is Cc1cc(C)cc(NC(=O)c2ccc(Cn3cc(Cl)cn3)o2)c1. The zero-order valence-corrected chi connectivity index (χ0v) is 13.6. The van der Waals surface area contributed by atoms with Gasteiger partial charge in [0, 0.05) is 11.9 Å². The van der Waals surface area contributed by atoms with Crippen LogP contribution in [0.25, 0.3) is 0 Å². The van der Waals surface area contributed by atoms with Crippen molar-refractivity contribution in [3.05, 3.63) is 70.4 Å². The van der Waals surface area contributed by atoms with Crippen molar-refractivity contribution in [3.8, 4) is 0 Å². The lowest BCUT2D eigenvalue weighted by Crippen LogP contribution is -2.11. The number of rotatable bonds is 4. The van der Waals surface area contributed by atoms with Crippen LogP contribution in [0.3, 0.4) is 0 Å². The minimum Gasteiger partial charge on any atom is -0.454 e. The molecule has 0 aliphatic heterocycles. The fourth-order valence-corrected chi connectivity index (χ4v) is 2.57. The molecular weight excluding hydrogens is 314 g/mol. The molecule has 0 aliphatic rings. The molecule has 0 bridgehead atoms. The number of hydrogen-bond donors (Lipinski definition) is 1. The van der Waals surface area contributed by atoms with Crippen LogP contribution in [0.5, 0.6) is 0 Å². The number of amides is 1. The van der Waals surface area contributed by atoms with E-state index in [1.807, 2.05) is 26.0 Å². The van der Waals surface area contributed by atoms with E-state index < -0.39 is 0 Å². The molecule has 23 heavy (non-hydrogen) atoms. The lowest BCUT2D eigenvalue weighted by Gasteiger charge is -2.06. The Hall–Kier alpha value is -2.53. The second-order valence-electron chi connectivity index (χ2n) is 5.45. The van der Waals surface area contributed by atoms with Crippen LogP contribution in [-0.2, 0) is 6.54 Å². The molecule has 0 radical (unpaired) electrons. The topological polar surface area (TPSA) is 60.1 Å². The average molecular weight is 330 g/mol. The summed E-state index contributed by atoms with van der Waals surface area (Å²) in [7, 11) is 0. The normalized spacial score (nSPS) is 10.7. The minimum atomic E-state index is -0.278. The predicted octanol–water partition coefficient (Wildman–Crippen LogP) is 4.05. The van der Waals surface area contributed by atoms with Gasteiger partial charge in [-0.1, -0.05) is 17.7 Å². The molecule has 0 atom stereocenters. The number of halogens is 1. The fraction of sp³-hybridized carbons (Fsp3) is 0.176. The second-order valence-corrected chi connectivity index (χ2v) is 5.89. The van der Waals surface area contributed by atoms with E-state index in [-0.39, 0.29) is 11.7 Å². The van der Waals surface area contributed by atoms with Crippen molar-refractivity contribution in [1.29, 1.82) is 0 Å². The van der Waals surface area contributed by atoms with Gasteiger partial charge in [0.15, 0.2) is 5.76 Å². The molecule has 118 valence electrons. The zero-order chi connectivity index (χ0) is 16.4. The van der Waals surface area contributed by atoms with E-state index in [0.717, 1.165) is 16.8 Å². The summed E-state index contributed by atoms with van der Waals surface area (Å²) in [6.07, 6.45) is 3.25. The number of anilines is 1. The molecule has 0 spiro atoms. The summed E-state index contributed by atoms with van der Waals surface area (Å²) in [6, 6.07) is 9.29. The van der Waals surface area contributed by atoms with Crippen molar-refractivity contribution >= 4 is 23.2 Å². The summed E-state index contributed by atoms with van der Waals surface area (Å²) >= 11 is 5.82. The van der Waals surface area contributed by atoms with Crippen LogP contribution in [0, 0.1) is 13.8 Å². The Morgan fingerprint density at radius 1 is 1.26 bits per heavy atom. The van der Waals surface area contributed by atoms with Gasteiger partial charge in [-0.2, -0.15) is 5.10 Å². The first-order valence-electron chi connectivity index (χ1n) is 7.16. The van der Waals surface area contributed by atoms with Crippen LogP contribution < -0.4 is 5.32 Å². The number of carbonyl (C=O) groups is 1. The maximum Gasteiger partial charge on any atom is 0.291 e. The van der Waals surface area contributed by atoms with Crippen LogP contribution in [0.4, 0.5) is 5.69 Å². The van der Waals surface area contributed by atoms with Crippen molar-refractivity contribution in [1.82, 2.24) is 9.78 Å². The summed E-state index contributed by atoms with van der Waals surface area (Å²) < 4.78 is 7.22. The van der Waals surface area contributed by atoms with Crippen LogP contribution in [0.15, 0.2) is 47.1 Å². The smallest absolute Gasteiger partial charge is 0.291 e. The molecular formula is C17H16ClN3O2. The number of nitrogens with one attached hydrogen (secondary N) is 1. The molecule has 3 rings (SSSR count). The van der Waals surface area contributed by atoms with Gasteiger partial charge in [-0.3, -0.25) is 9.48 Å². The predicted molar refractivity (Wildman–Crippen MR) is 88.9 cm³/mol. The first kappa shape index (κ1) is 15.4. The monoisotopic (exact) mass is 329 g/mol. The van der Waals surface area contributed by atoms with Crippen molar-refractivity contribution in [2.45, 2.75) is 20.4 Å². The number of nitrogens with zero attached hydrogens (tertiary/aromatic N) is 2. The first-order chi connectivity index (χ1) is 11.0. The highest BCUT2D eigenvalue weighted by atomic mass is 35.5. The molecule has 5 nitrogen and oxygen atoms in total. The zero-order valence-electron chi connectivity index (χ0n) is 12.8. The summed E-state index contributed by atoms with van der Waals surface area (Å²) in [4.78, 5) is 12.3. The summed E-state index contributed by atoms with van der Waals surface area (Å²) in [5, 5.41) is 7.48. The lowest BCUT2D eigenvalue weighted by atomic mass is 10.1. The van der Waals surface area contributed by atoms with Crippen molar-refractivity contribution in [2.24, 2.45) is 0 Å². The van der Waals surface area contributed by atoms with Crippen LogP contribution in [0.2, 0.25) is 5.02 Å². The Morgan fingerprint density at radius 2 is 2.00 bits per heavy atom. The Bertz CT molecular complexity index is 831. The molecule has 0 unspecified atom stereocenters. The van der Waals surface area contributed by atoms with Gasteiger partial charge in [-0.25, -0.2) is 0 Å². The number of aromatic nitrogens is 2. The van der Waals surface area contributed by atoms with E-state index in [2.05, 4.69) is 16.5 Å². The highest BCUT2D eigenvalue weighted by Crippen LogP contribution is 2.17. The number of hydrogen-bond acceptors (Lipinski definition) is 3. The Balaban J connectivity index is 1.70. The third-order valence-corrected chi connectivity index (χ3v) is 3.48. The maximum atomic E-state index is 12.3. The second kappa shape index (κ2) is 6.30. The fourth-order valence-electron chi connectivity index (χ4n) is 2.41. The third kappa shape index (κ3) is 3.81. The Labute approximate surface area is 138 Å². The lowest BCUT2D eigenvalue weighted by molar-refractivity contribution is 0.0994. The largest absolute Gasteiger partial charge is 0.454 e. The van der Waals surface area contributed by atoms with E-state index in [4.69, 9.17) is 16.0 Å². The van der Waals surface area contributed by atoms with E-state index in [1.54, 1.807) is 29.2 Å². The third-order valence-electron chi connectivity index (χ3n) is 3.28. The standard InChI is InChI=1S/C17H16ClN3O2/c1-11-5-12(2)7-14(6-11)20-17(22)16-4-3-15(23-16)10-21-9-13(18)8-19-21/h3-9H,10H2,1-2H3,(H,20,22). The van der Waals surface area contributed by atoms with Gasteiger partial charge < -0.3 is 9.73 Å². The summed E-state index contributed by atoms with van der Waals surface area (Å²) in [5.74, 6) is 0.618. The minimum absolute atomic E-state index is 0.261. The first-order valence-corrected chi connectivity index (χ1v) is 7.54. The number of furan rings is 1. The molecule has 2 aromatic heterocycles. The van der Waals surface area contributed by atoms with Gasteiger partial charge in [-0.05, 0) is 49.2 Å². The highest BCUT2D eigenvalue weighted by molar-refractivity contribution is 6.30. The molecule has 1 amide bonds. The Kier molecular flexibility index (Phi) is 4.21. The van der Waals surface area contributed by atoms with Gasteiger partial charge in [0.05, 0.1) is 17.8 Å². The molecule has 0 aliphatic carbocycles. The number of aryl methyl sites for hydroxylation is 2. The average Bonchev–Trinajstić information content (AvgIpc) is 3.07. The van der Waals surface area contributed by atoms with E-state index in [0.29, 0.717) is 17.3 Å². The van der Waals surface area contributed by atoms with Crippen molar-refractivity contribution in [3.63, 3.8) is 0 Å². The molecule has 1 N–H and O–H groups in total. The molecule has 0 saturated heterocycles. The van der Waals surface area contributed by atoms with Crippen LogP contribution in [-0.4, -0.2) is 15.7 Å². The van der Waals surface area contributed by atoms with Crippen molar-refractivity contribution in [2.75, 3.05) is 5.32 Å². The summed E-state index contributed by atoms with van der Waals surface area (Å²) in [6.45, 7) is 4.40. The molecule has 2 heterocycles. The van der Waals surface area contributed by atoms with Crippen LogP contribution in [0.1, 0.15) is 27.4 Å². The Morgan fingerprint density at radius 3 is 2.65 bits per heavy atom. The number of benzene rings is 1. The van der Waals surface area contributed by atoms with Gasteiger partial charge in [0.2, 0.25) is 0 Å². The van der Waals surface area contributed by atoms with Gasteiger partial charge in [-0.15, -0.1) is 0 Å². The van der Waals surface area contributed by atoms with Crippen molar-refractivity contribution < 1.29 is 9.21 Å².